The van der Waals surface area contributed by atoms with Gasteiger partial charge in [-0.25, -0.2) is 0 Å². The van der Waals surface area contributed by atoms with E-state index in [0.717, 1.165) is 52.1 Å². The minimum absolute atomic E-state index is 0.0520. The number of likely N-dealkylation sites (tertiary alicyclic amines) is 1. The van der Waals surface area contributed by atoms with Gasteiger partial charge in [-0.15, -0.1) is 0 Å². The topological polar surface area (TPSA) is 59.7 Å². The molecule has 2 aliphatic heterocycles. The second-order valence-electron chi connectivity index (χ2n) is 7.27. The smallest absolute Gasteiger partial charge is 0.266 e. The number of likely N-dealkylation sites (N-methyl/N-ethyl adjacent to an activating group) is 1. The lowest BCUT2D eigenvalue weighted by Crippen LogP contribution is -2.52. The molecule has 1 aromatic heterocycles. The van der Waals surface area contributed by atoms with Gasteiger partial charge in [-0.3, -0.25) is 14.5 Å². The number of carbonyl (C=O) groups excluding carboxylic acids is 1. The minimum Gasteiger partial charge on any atom is -0.339 e. The summed E-state index contributed by atoms with van der Waals surface area (Å²) in [5.41, 5.74) is 0.0908. The number of hydrogen-bond donors (Lipinski definition) is 1. The lowest BCUT2D eigenvalue weighted by Gasteiger charge is -2.42. The molecule has 3 heterocycles. The highest BCUT2D eigenvalue weighted by atomic mass is 35.5. The van der Waals surface area contributed by atoms with Gasteiger partial charge in [0.05, 0.1) is 5.56 Å². The number of piperazine rings is 1. The van der Waals surface area contributed by atoms with Crippen molar-refractivity contribution in [3.8, 4) is 0 Å². The van der Waals surface area contributed by atoms with E-state index in [4.69, 9.17) is 11.6 Å². The zero-order valence-corrected chi connectivity index (χ0v) is 15.8. The number of hydrogen-bond acceptors (Lipinski definition) is 4. The maximum atomic E-state index is 12.6. The van der Waals surface area contributed by atoms with Gasteiger partial charge < -0.3 is 14.8 Å². The number of amides is 1. The Balaban J connectivity index is 1.55. The summed E-state index contributed by atoms with van der Waals surface area (Å²) in [5, 5.41) is 0.0597. The number of nitrogens with one attached hydrogen (secondary N) is 1. The molecule has 0 aliphatic carbocycles. The molecule has 2 fully saturated rings. The number of H-pyrrole nitrogens is 1. The van der Waals surface area contributed by atoms with Crippen molar-refractivity contribution in [1.82, 2.24) is 19.7 Å². The van der Waals surface area contributed by atoms with Crippen molar-refractivity contribution in [1.29, 1.82) is 0 Å². The van der Waals surface area contributed by atoms with E-state index >= 15 is 0 Å². The predicted molar refractivity (Wildman–Crippen MR) is 99.2 cm³/mol. The van der Waals surface area contributed by atoms with Gasteiger partial charge in [0.25, 0.3) is 11.5 Å². The van der Waals surface area contributed by atoms with Gasteiger partial charge >= 0.3 is 0 Å². The van der Waals surface area contributed by atoms with Crippen LogP contribution >= 0.6 is 11.6 Å². The Labute approximate surface area is 153 Å². The predicted octanol–water partition coefficient (Wildman–Crippen LogP) is 1.52. The van der Waals surface area contributed by atoms with Crippen LogP contribution in [0.1, 0.15) is 30.1 Å². The second kappa shape index (κ2) is 7.89. The van der Waals surface area contributed by atoms with E-state index in [1.165, 1.54) is 12.3 Å². The zero-order valence-electron chi connectivity index (χ0n) is 15.0. The molecule has 0 aromatic carbocycles. The fraction of sp³-hybridized carbons (Fsp3) is 0.667. The van der Waals surface area contributed by atoms with Gasteiger partial charge in [-0.1, -0.05) is 11.6 Å². The molecule has 1 N–H and O–H groups in total. The molecule has 0 bridgehead atoms. The quantitative estimate of drug-likeness (QED) is 0.881. The van der Waals surface area contributed by atoms with E-state index in [0.29, 0.717) is 17.5 Å². The van der Waals surface area contributed by atoms with Crippen LogP contribution in [0.3, 0.4) is 0 Å². The van der Waals surface area contributed by atoms with E-state index in [1.54, 1.807) is 0 Å². The van der Waals surface area contributed by atoms with Crippen LogP contribution in [0.25, 0.3) is 0 Å². The molecule has 1 aromatic rings. The van der Waals surface area contributed by atoms with Crippen molar-refractivity contribution in [2.45, 2.75) is 25.8 Å². The number of piperidine rings is 1. The SMILES string of the molecule is C[C@H](C1CCN(C(=O)c2c[nH]c(=O)c(Cl)c2)CC1)N1CCN(C)CC1. The number of carbonyl (C=O) groups is 1. The summed E-state index contributed by atoms with van der Waals surface area (Å²) in [6, 6.07) is 2.02. The molecule has 1 atom stereocenters. The molecule has 1 amide bonds. The molecule has 2 saturated heterocycles. The average molecular weight is 367 g/mol. The number of halogens is 1. The van der Waals surface area contributed by atoms with Crippen molar-refractivity contribution in [2.24, 2.45) is 5.92 Å². The highest BCUT2D eigenvalue weighted by molar-refractivity contribution is 6.30. The molecule has 0 unspecified atom stereocenters. The number of aromatic nitrogens is 1. The van der Waals surface area contributed by atoms with Crippen LogP contribution in [0, 0.1) is 5.92 Å². The van der Waals surface area contributed by atoms with E-state index in [2.05, 4.69) is 28.8 Å². The van der Waals surface area contributed by atoms with Gasteiger partial charge in [0.15, 0.2) is 0 Å². The zero-order chi connectivity index (χ0) is 18.0. The van der Waals surface area contributed by atoms with Crippen LogP contribution in [0.15, 0.2) is 17.1 Å². The summed E-state index contributed by atoms with van der Waals surface area (Å²) >= 11 is 5.83. The molecular weight excluding hydrogens is 340 g/mol. The summed E-state index contributed by atoms with van der Waals surface area (Å²) in [7, 11) is 2.18. The Bertz CT molecular complexity index is 661. The van der Waals surface area contributed by atoms with Gasteiger partial charge in [0.1, 0.15) is 5.02 Å². The molecule has 0 saturated carbocycles. The molecule has 138 valence electrons. The van der Waals surface area contributed by atoms with Gasteiger partial charge in [-0.2, -0.15) is 0 Å². The molecule has 6 nitrogen and oxygen atoms in total. The lowest BCUT2D eigenvalue weighted by molar-refractivity contribution is 0.0500. The summed E-state index contributed by atoms with van der Waals surface area (Å²) in [6.45, 7) is 8.38. The van der Waals surface area contributed by atoms with Crippen molar-refractivity contribution in [3.63, 3.8) is 0 Å². The number of nitrogens with zero attached hydrogens (tertiary/aromatic N) is 3. The first kappa shape index (κ1) is 18.4. The van der Waals surface area contributed by atoms with Crippen LogP contribution in [0.2, 0.25) is 5.02 Å². The summed E-state index contributed by atoms with van der Waals surface area (Å²) in [6.07, 6.45) is 3.50. The third-order valence-electron chi connectivity index (χ3n) is 5.73. The fourth-order valence-corrected chi connectivity index (χ4v) is 4.05. The van der Waals surface area contributed by atoms with E-state index < -0.39 is 0 Å². The fourth-order valence-electron chi connectivity index (χ4n) is 3.87. The number of rotatable bonds is 3. The first-order chi connectivity index (χ1) is 12.0. The molecule has 3 rings (SSSR count). The Morgan fingerprint density at radius 2 is 1.84 bits per heavy atom. The third kappa shape index (κ3) is 4.25. The highest BCUT2D eigenvalue weighted by Crippen LogP contribution is 2.25. The summed E-state index contributed by atoms with van der Waals surface area (Å²) in [4.78, 5) is 33.3. The standard InChI is InChI=1S/C18H27ClN4O2/c1-13(22-9-7-21(2)8-10-22)14-3-5-23(6-4-14)18(25)15-11-16(19)17(24)20-12-15/h11-14H,3-10H2,1-2H3,(H,20,24)/t13-/m1/s1. The second-order valence-corrected chi connectivity index (χ2v) is 7.68. The van der Waals surface area contributed by atoms with E-state index in [-0.39, 0.29) is 16.5 Å². The van der Waals surface area contributed by atoms with Crippen molar-refractivity contribution in [2.75, 3.05) is 46.3 Å². The maximum absolute atomic E-state index is 12.6. The Kier molecular flexibility index (Phi) is 5.81. The first-order valence-corrected chi connectivity index (χ1v) is 9.43. The van der Waals surface area contributed by atoms with Gasteiger partial charge in [0.2, 0.25) is 0 Å². The molecule has 0 radical (unpaired) electrons. The maximum Gasteiger partial charge on any atom is 0.266 e. The van der Waals surface area contributed by atoms with Crippen LogP contribution in [0.4, 0.5) is 0 Å². The number of aromatic amines is 1. The van der Waals surface area contributed by atoms with E-state index in [9.17, 15) is 9.59 Å². The third-order valence-corrected chi connectivity index (χ3v) is 6.01. The van der Waals surface area contributed by atoms with Crippen LogP contribution < -0.4 is 5.56 Å². The normalized spacial score (nSPS) is 22.1. The molecule has 7 heteroatoms. The Hall–Kier alpha value is -1.37. The lowest BCUT2D eigenvalue weighted by atomic mass is 9.89. The Morgan fingerprint density at radius 3 is 2.44 bits per heavy atom. The van der Waals surface area contributed by atoms with Crippen LogP contribution in [-0.2, 0) is 0 Å². The largest absolute Gasteiger partial charge is 0.339 e. The van der Waals surface area contributed by atoms with Crippen molar-refractivity contribution >= 4 is 17.5 Å². The highest BCUT2D eigenvalue weighted by Gasteiger charge is 2.30. The molecule has 25 heavy (non-hydrogen) atoms. The van der Waals surface area contributed by atoms with Crippen molar-refractivity contribution in [3.05, 3.63) is 33.2 Å². The molecular formula is C18H27ClN4O2. The van der Waals surface area contributed by atoms with Crippen molar-refractivity contribution < 1.29 is 4.79 Å². The van der Waals surface area contributed by atoms with Gasteiger partial charge in [0, 0.05) is 51.5 Å². The summed E-state index contributed by atoms with van der Waals surface area (Å²) in [5.74, 6) is 0.579. The van der Waals surface area contributed by atoms with E-state index in [1.807, 2.05) is 4.90 Å². The molecule has 2 aliphatic rings. The number of pyridine rings is 1. The minimum atomic E-state index is -0.363. The Morgan fingerprint density at radius 1 is 1.20 bits per heavy atom. The average Bonchev–Trinajstić information content (AvgIpc) is 2.63. The van der Waals surface area contributed by atoms with Crippen LogP contribution in [0.5, 0.6) is 0 Å². The molecule has 0 spiro atoms. The van der Waals surface area contributed by atoms with Gasteiger partial charge in [-0.05, 0) is 38.8 Å². The van der Waals surface area contributed by atoms with Crippen LogP contribution in [-0.4, -0.2) is 77.9 Å². The monoisotopic (exact) mass is 366 g/mol. The summed E-state index contributed by atoms with van der Waals surface area (Å²) < 4.78 is 0. The first-order valence-electron chi connectivity index (χ1n) is 9.06.